The van der Waals surface area contributed by atoms with E-state index in [1.165, 1.54) is 0 Å². The lowest BCUT2D eigenvalue weighted by Crippen LogP contribution is -2.39. The summed E-state index contributed by atoms with van der Waals surface area (Å²) in [5, 5.41) is 0. The fourth-order valence-corrected chi connectivity index (χ4v) is 4.09. The highest BCUT2D eigenvalue weighted by Crippen LogP contribution is 2.40. The molecule has 2 aromatic carbocycles. The fourth-order valence-electron chi connectivity index (χ4n) is 4.09. The van der Waals surface area contributed by atoms with Crippen molar-refractivity contribution in [2.75, 3.05) is 50.3 Å². The molecule has 178 valence electrons. The minimum atomic E-state index is -0.197. The van der Waals surface area contributed by atoms with Gasteiger partial charge in [-0.1, -0.05) is 24.3 Å². The monoisotopic (exact) mass is 462 g/mol. The maximum Gasteiger partial charge on any atom is 0.262 e. The lowest BCUT2D eigenvalue weighted by molar-refractivity contribution is 0.0980. The molecular formula is C26H30N4O4. The lowest BCUT2D eigenvalue weighted by atomic mass is 10.0. The molecule has 1 saturated heterocycles. The van der Waals surface area contributed by atoms with Crippen molar-refractivity contribution >= 4 is 17.5 Å². The van der Waals surface area contributed by atoms with E-state index in [0.717, 1.165) is 5.69 Å². The third kappa shape index (κ3) is 4.68. The van der Waals surface area contributed by atoms with Crippen LogP contribution in [0.25, 0.3) is 11.3 Å². The molecule has 2 heterocycles. The molecule has 1 fully saturated rings. The van der Waals surface area contributed by atoms with Crippen LogP contribution in [0.3, 0.4) is 0 Å². The largest absolute Gasteiger partial charge is 0.496 e. The number of benzene rings is 2. The molecule has 0 radical (unpaired) electrons. The number of hydrogen-bond acceptors (Lipinski definition) is 7. The minimum absolute atomic E-state index is 0.0822. The molecule has 1 aliphatic heterocycles. The summed E-state index contributed by atoms with van der Waals surface area (Å²) in [4.78, 5) is 27.3. The molecule has 0 saturated carbocycles. The summed E-state index contributed by atoms with van der Waals surface area (Å²) in [5.41, 5.74) is 2.26. The highest BCUT2D eigenvalue weighted by Gasteiger charge is 2.29. The molecule has 1 aliphatic rings. The predicted molar refractivity (Wildman–Crippen MR) is 132 cm³/mol. The van der Waals surface area contributed by atoms with E-state index in [4.69, 9.17) is 19.2 Å². The first-order valence-corrected chi connectivity index (χ1v) is 11.3. The van der Waals surface area contributed by atoms with Crippen LogP contribution in [0.2, 0.25) is 0 Å². The van der Waals surface area contributed by atoms with Gasteiger partial charge in [0, 0.05) is 31.0 Å². The fraction of sp³-hybridized carbons (Fsp3) is 0.346. The zero-order valence-corrected chi connectivity index (χ0v) is 20.0. The van der Waals surface area contributed by atoms with E-state index in [9.17, 15) is 4.79 Å². The highest BCUT2D eigenvalue weighted by atomic mass is 16.5. The Morgan fingerprint density at radius 3 is 2.24 bits per heavy atom. The highest BCUT2D eigenvalue weighted by molar-refractivity contribution is 6.10. The van der Waals surface area contributed by atoms with Gasteiger partial charge in [-0.15, -0.1) is 0 Å². The first-order valence-electron chi connectivity index (χ1n) is 11.3. The molecule has 0 aliphatic carbocycles. The molecule has 0 unspecified atom stereocenters. The second-order valence-corrected chi connectivity index (χ2v) is 8.17. The van der Waals surface area contributed by atoms with Crippen molar-refractivity contribution in [3.05, 3.63) is 60.3 Å². The van der Waals surface area contributed by atoms with Crippen LogP contribution in [-0.2, 0) is 4.74 Å². The summed E-state index contributed by atoms with van der Waals surface area (Å²) in [6.45, 7) is 6.53. The minimum Gasteiger partial charge on any atom is -0.496 e. The SMILES string of the molecule is COc1cccc(OC)c1-c1nc(N2CCOCC2)ncc1C(=O)N(c1ccccc1)C(C)C. The van der Waals surface area contributed by atoms with Gasteiger partial charge in [0.15, 0.2) is 0 Å². The zero-order valence-electron chi connectivity index (χ0n) is 20.0. The molecule has 1 aromatic heterocycles. The summed E-state index contributed by atoms with van der Waals surface area (Å²) in [7, 11) is 3.18. The van der Waals surface area contributed by atoms with Gasteiger partial charge in [0.1, 0.15) is 11.5 Å². The maximum atomic E-state index is 14.0. The van der Waals surface area contributed by atoms with E-state index in [1.54, 1.807) is 25.3 Å². The van der Waals surface area contributed by atoms with Crippen molar-refractivity contribution < 1.29 is 19.0 Å². The van der Waals surface area contributed by atoms with Gasteiger partial charge in [0.25, 0.3) is 5.91 Å². The Balaban J connectivity index is 1.90. The summed E-state index contributed by atoms with van der Waals surface area (Å²) in [6, 6.07) is 15.0. The number of morpholine rings is 1. The van der Waals surface area contributed by atoms with Gasteiger partial charge in [-0.05, 0) is 38.1 Å². The Morgan fingerprint density at radius 2 is 1.65 bits per heavy atom. The van der Waals surface area contributed by atoms with Crippen molar-refractivity contribution in [2.24, 2.45) is 0 Å². The van der Waals surface area contributed by atoms with Crippen LogP contribution >= 0.6 is 0 Å². The molecule has 1 amide bonds. The number of para-hydroxylation sites is 1. The van der Waals surface area contributed by atoms with Crippen molar-refractivity contribution in [1.82, 2.24) is 9.97 Å². The normalized spacial score (nSPS) is 13.6. The first-order chi connectivity index (χ1) is 16.5. The van der Waals surface area contributed by atoms with Crippen LogP contribution in [0, 0.1) is 0 Å². The summed E-state index contributed by atoms with van der Waals surface area (Å²) in [6.07, 6.45) is 1.61. The number of amides is 1. The average molecular weight is 463 g/mol. The summed E-state index contributed by atoms with van der Waals surface area (Å²) in [5.74, 6) is 1.47. The molecule has 8 nitrogen and oxygen atoms in total. The van der Waals surface area contributed by atoms with E-state index in [-0.39, 0.29) is 11.9 Å². The number of aromatic nitrogens is 2. The molecule has 34 heavy (non-hydrogen) atoms. The summed E-state index contributed by atoms with van der Waals surface area (Å²) < 4.78 is 16.8. The van der Waals surface area contributed by atoms with E-state index in [1.807, 2.05) is 62.4 Å². The Kier molecular flexibility index (Phi) is 7.27. The van der Waals surface area contributed by atoms with Gasteiger partial charge in [-0.2, -0.15) is 0 Å². The quantitative estimate of drug-likeness (QED) is 0.524. The van der Waals surface area contributed by atoms with E-state index >= 15 is 0 Å². The van der Waals surface area contributed by atoms with E-state index in [2.05, 4.69) is 9.88 Å². The van der Waals surface area contributed by atoms with Gasteiger partial charge in [0.2, 0.25) is 5.95 Å². The van der Waals surface area contributed by atoms with Gasteiger partial charge in [-0.3, -0.25) is 4.79 Å². The van der Waals surface area contributed by atoms with Crippen LogP contribution in [0.4, 0.5) is 11.6 Å². The second kappa shape index (κ2) is 10.5. The molecule has 0 atom stereocenters. The Hall–Kier alpha value is -3.65. The molecular weight excluding hydrogens is 432 g/mol. The molecule has 4 rings (SSSR count). The standard InChI is InChI=1S/C26H30N4O4/c1-18(2)30(19-9-6-5-7-10-19)25(31)20-17-27-26(29-13-15-34-16-14-29)28-24(20)23-21(32-3)11-8-12-22(23)33-4/h5-12,17-18H,13-16H2,1-4H3. The van der Waals surface area contributed by atoms with Gasteiger partial charge < -0.3 is 24.0 Å². The van der Waals surface area contributed by atoms with E-state index in [0.29, 0.717) is 60.6 Å². The van der Waals surface area contributed by atoms with Crippen LogP contribution in [0.5, 0.6) is 11.5 Å². The van der Waals surface area contributed by atoms with E-state index < -0.39 is 0 Å². The number of anilines is 2. The number of rotatable bonds is 7. The first kappa shape index (κ1) is 23.5. The number of methoxy groups -OCH3 is 2. The topological polar surface area (TPSA) is 77.0 Å². The Bertz CT molecular complexity index is 1110. The molecule has 8 heteroatoms. The van der Waals surface area contributed by atoms with Crippen molar-refractivity contribution in [3.63, 3.8) is 0 Å². The Morgan fingerprint density at radius 1 is 1.00 bits per heavy atom. The molecule has 0 N–H and O–H groups in total. The third-order valence-corrected chi connectivity index (χ3v) is 5.73. The maximum absolute atomic E-state index is 14.0. The summed E-state index contributed by atoms with van der Waals surface area (Å²) >= 11 is 0. The van der Waals surface area contributed by atoms with Crippen molar-refractivity contribution in [3.8, 4) is 22.8 Å². The van der Waals surface area contributed by atoms with Crippen molar-refractivity contribution in [2.45, 2.75) is 19.9 Å². The van der Waals surface area contributed by atoms with Crippen LogP contribution in [0.15, 0.2) is 54.7 Å². The zero-order chi connectivity index (χ0) is 24.1. The molecule has 0 spiro atoms. The lowest BCUT2D eigenvalue weighted by Gasteiger charge is -2.29. The van der Waals surface area contributed by atoms with Gasteiger partial charge >= 0.3 is 0 Å². The van der Waals surface area contributed by atoms with Gasteiger partial charge in [-0.25, -0.2) is 9.97 Å². The third-order valence-electron chi connectivity index (χ3n) is 5.73. The number of nitrogens with zero attached hydrogens (tertiary/aromatic N) is 4. The number of ether oxygens (including phenoxy) is 3. The average Bonchev–Trinajstić information content (AvgIpc) is 2.88. The Labute approximate surface area is 200 Å². The molecule has 0 bridgehead atoms. The van der Waals surface area contributed by atoms with Gasteiger partial charge in [0.05, 0.1) is 44.3 Å². The molecule has 3 aromatic rings. The van der Waals surface area contributed by atoms with Crippen LogP contribution in [-0.4, -0.2) is 62.4 Å². The van der Waals surface area contributed by atoms with Crippen molar-refractivity contribution in [1.29, 1.82) is 0 Å². The second-order valence-electron chi connectivity index (χ2n) is 8.17. The van der Waals surface area contributed by atoms with Crippen LogP contribution < -0.4 is 19.3 Å². The smallest absolute Gasteiger partial charge is 0.262 e. The number of carbonyl (C=O) groups is 1. The number of carbonyl (C=O) groups excluding carboxylic acids is 1. The number of hydrogen-bond donors (Lipinski definition) is 0. The van der Waals surface area contributed by atoms with Crippen LogP contribution in [0.1, 0.15) is 24.2 Å². The predicted octanol–water partition coefficient (Wildman–Crippen LogP) is 4.05.